The molecule has 0 saturated heterocycles. The maximum absolute atomic E-state index is 12.3. The van der Waals surface area contributed by atoms with E-state index < -0.39 is 56.4 Å². The van der Waals surface area contributed by atoms with Gasteiger partial charge in [-0.25, -0.2) is 25.3 Å². The van der Waals surface area contributed by atoms with Crippen LogP contribution in [0, 0.1) is 0 Å². The van der Waals surface area contributed by atoms with Crippen molar-refractivity contribution >= 4 is 29.5 Å². The van der Waals surface area contributed by atoms with E-state index in [1.54, 1.807) is 0 Å². The first-order valence-corrected chi connectivity index (χ1v) is 8.88. The van der Waals surface area contributed by atoms with Crippen molar-refractivity contribution in [2.24, 2.45) is 0 Å². The first kappa shape index (κ1) is 22.2. The summed E-state index contributed by atoms with van der Waals surface area (Å²) in [4.78, 5) is 0. The molecule has 0 aliphatic heterocycles. The molecule has 0 spiro atoms. The minimum Gasteiger partial charge on any atom is -0.217 e. The molecule has 0 radical (unpaired) electrons. The van der Waals surface area contributed by atoms with Gasteiger partial charge in [-0.1, -0.05) is 0 Å². The van der Waals surface area contributed by atoms with E-state index in [1.807, 2.05) is 0 Å². The molecule has 0 aliphatic carbocycles. The summed E-state index contributed by atoms with van der Waals surface area (Å²) < 4.78 is 170. The summed E-state index contributed by atoms with van der Waals surface area (Å²) in [5.74, 6) is 0. The minimum atomic E-state index is -8.04. The van der Waals surface area contributed by atoms with E-state index in [-0.39, 0.29) is 0 Å². The van der Waals surface area contributed by atoms with Gasteiger partial charge in [-0.05, 0) is 6.92 Å². The van der Waals surface area contributed by atoms with Gasteiger partial charge in [-0.2, -0.15) is 39.5 Å². The molecule has 0 fully saturated rings. The number of rotatable bonds is 3. The average molecular weight is 426 g/mol. The van der Waals surface area contributed by atoms with E-state index in [4.69, 9.17) is 0 Å². The molecule has 0 amide bonds. The SMILES string of the molecule is CC(S(=O)(=O)C(F)(F)F)(S(=O)(=O)C(F)(F)F)S(=O)(=O)C(F)(F)F. The van der Waals surface area contributed by atoms with E-state index in [1.165, 1.54) is 0 Å². The van der Waals surface area contributed by atoms with Crippen molar-refractivity contribution in [2.45, 2.75) is 26.9 Å². The van der Waals surface area contributed by atoms with Crippen LogP contribution < -0.4 is 0 Å². The Morgan fingerprint density at radius 3 is 0.696 bits per heavy atom. The molecule has 0 rings (SSSR count). The summed E-state index contributed by atoms with van der Waals surface area (Å²) >= 11 is 0. The van der Waals surface area contributed by atoms with E-state index in [0.717, 1.165) is 0 Å². The number of hydrogen-bond donors (Lipinski definition) is 0. The predicted octanol–water partition coefficient (Wildman–Crippen LogP) is 1.46. The fraction of sp³-hybridized carbons (Fsp3) is 1.00. The number of alkyl halides is 9. The second kappa shape index (κ2) is 5.11. The molecule has 0 atom stereocenters. The molecular formula is C5H3F9O6S3. The van der Waals surface area contributed by atoms with Gasteiger partial charge in [-0.3, -0.25) is 0 Å². The molecule has 0 aliphatic rings. The molecule has 18 heteroatoms. The van der Waals surface area contributed by atoms with Crippen LogP contribution in [-0.2, 0) is 29.5 Å². The smallest absolute Gasteiger partial charge is 0.217 e. The molecule has 0 heterocycles. The van der Waals surface area contributed by atoms with Crippen LogP contribution in [0.25, 0.3) is 0 Å². The van der Waals surface area contributed by atoms with Gasteiger partial charge in [0.25, 0.3) is 32.9 Å². The molecule has 0 aromatic heterocycles. The number of sulfone groups is 3. The maximum atomic E-state index is 12.3. The number of halogens is 9. The zero-order chi connectivity index (χ0) is 19.5. The maximum Gasteiger partial charge on any atom is 0.500 e. The van der Waals surface area contributed by atoms with Crippen LogP contribution >= 0.6 is 0 Å². The topological polar surface area (TPSA) is 102 Å². The zero-order valence-electron chi connectivity index (χ0n) is 10.1. The lowest BCUT2D eigenvalue weighted by atomic mass is 10.9. The molecule has 0 unspecified atom stereocenters. The van der Waals surface area contributed by atoms with Crippen molar-refractivity contribution in [3.05, 3.63) is 0 Å². The quantitative estimate of drug-likeness (QED) is 0.634. The molecule has 140 valence electrons. The van der Waals surface area contributed by atoms with Gasteiger partial charge < -0.3 is 0 Å². The summed E-state index contributed by atoms with van der Waals surface area (Å²) in [6.45, 7) is -1.35. The molecule has 0 saturated carbocycles. The Kier molecular flexibility index (Phi) is 4.93. The van der Waals surface area contributed by atoms with Gasteiger partial charge >= 0.3 is 16.5 Å². The van der Waals surface area contributed by atoms with Crippen molar-refractivity contribution in [3.63, 3.8) is 0 Å². The van der Waals surface area contributed by atoms with Crippen LogP contribution in [0.15, 0.2) is 0 Å². The highest BCUT2D eigenvalue weighted by molar-refractivity contribution is 8.26. The molecule has 0 aromatic carbocycles. The van der Waals surface area contributed by atoms with Crippen LogP contribution in [-0.4, -0.2) is 45.2 Å². The molecular weight excluding hydrogens is 423 g/mol. The van der Waals surface area contributed by atoms with Gasteiger partial charge in [0, 0.05) is 0 Å². The standard InChI is InChI=1S/C5H3F9O6S3/c1-2(21(15,16)3(6,7)8,22(17,18)4(9,10)11)23(19,20)5(12,13)14/h1H3. The highest BCUT2D eigenvalue weighted by Crippen LogP contribution is 2.50. The van der Waals surface area contributed by atoms with Crippen molar-refractivity contribution in [1.82, 2.24) is 0 Å². The van der Waals surface area contributed by atoms with Crippen LogP contribution in [0.2, 0.25) is 0 Å². The van der Waals surface area contributed by atoms with Crippen molar-refractivity contribution in [2.75, 3.05) is 0 Å². The van der Waals surface area contributed by atoms with Crippen LogP contribution in [0.4, 0.5) is 39.5 Å². The second-order valence-electron chi connectivity index (χ2n) is 3.71. The molecule has 0 bridgehead atoms. The Morgan fingerprint density at radius 1 is 0.478 bits per heavy atom. The second-order valence-corrected chi connectivity index (χ2v) is 11.3. The van der Waals surface area contributed by atoms with Gasteiger partial charge in [0.15, 0.2) is 0 Å². The summed E-state index contributed by atoms with van der Waals surface area (Å²) in [6.07, 6.45) is 0. The fourth-order valence-electron chi connectivity index (χ4n) is 1.06. The number of hydrogen-bond acceptors (Lipinski definition) is 6. The molecule has 0 N–H and O–H groups in total. The summed E-state index contributed by atoms with van der Waals surface area (Å²) in [5.41, 5.74) is -21.2. The molecule has 0 aromatic rings. The van der Waals surface area contributed by atoms with Gasteiger partial charge in [0.1, 0.15) is 0 Å². The lowest BCUT2D eigenvalue weighted by molar-refractivity contribution is -0.0510. The van der Waals surface area contributed by atoms with E-state index in [9.17, 15) is 64.8 Å². The Hall–Kier alpha value is -0.780. The van der Waals surface area contributed by atoms with Crippen LogP contribution in [0.1, 0.15) is 6.92 Å². The monoisotopic (exact) mass is 426 g/mol. The summed E-state index contributed by atoms with van der Waals surface area (Å²) in [7, 11) is -24.1. The van der Waals surface area contributed by atoms with E-state index >= 15 is 0 Å². The molecule has 23 heavy (non-hydrogen) atoms. The largest absolute Gasteiger partial charge is 0.500 e. The van der Waals surface area contributed by atoms with E-state index in [0.29, 0.717) is 0 Å². The predicted molar refractivity (Wildman–Crippen MR) is 53.3 cm³/mol. The first-order valence-electron chi connectivity index (χ1n) is 4.43. The first-order chi connectivity index (χ1) is 9.50. The Labute approximate surface area is 122 Å². The normalized spacial score (nSPS) is 16.4. The summed E-state index contributed by atoms with van der Waals surface area (Å²) in [6, 6.07) is 0. The van der Waals surface area contributed by atoms with Gasteiger partial charge in [0.05, 0.1) is 0 Å². The Balaban J connectivity index is 7.45. The zero-order valence-corrected chi connectivity index (χ0v) is 12.5. The lowest BCUT2D eigenvalue weighted by Crippen LogP contribution is -2.61. The highest BCUT2D eigenvalue weighted by Gasteiger charge is 2.81. The molecule has 6 nitrogen and oxygen atoms in total. The third-order valence-corrected chi connectivity index (χ3v) is 11.1. The lowest BCUT2D eigenvalue weighted by Gasteiger charge is -2.30. The van der Waals surface area contributed by atoms with Crippen molar-refractivity contribution < 1.29 is 64.8 Å². The van der Waals surface area contributed by atoms with E-state index in [2.05, 4.69) is 0 Å². The average Bonchev–Trinajstić information content (AvgIpc) is 2.22. The highest BCUT2D eigenvalue weighted by atomic mass is 32.3. The van der Waals surface area contributed by atoms with Gasteiger partial charge in [-0.15, -0.1) is 0 Å². The Bertz CT molecular complexity index is 671. The third kappa shape index (κ3) is 2.77. The van der Waals surface area contributed by atoms with Crippen LogP contribution in [0.3, 0.4) is 0 Å². The van der Waals surface area contributed by atoms with Crippen molar-refractivity contribution in [3.8, 4) is 0 Å². The minimum absolute atomic E-state index is 1.35. The van der Waals surface area contributed by atoms with Crippen molar-refractivity contribution in [1.29, 1.82) is 0 Å². The van der Waals surface area contributed by atoms with Crippen LogP contribution in [0.5, 0.6) is 0 Å². The Morgan fingerprint density at radius 2 is 0.609 bits per heavy atom. The third-order valence-electron chi connectivity index (χ3n) is 2.38. The van der Waals surface area contributed by atoms with Gasteiger partial charge in [0.2, 0.25) is 0 Å². The summed E-state index contributed by atoms with van der Waals surface area (Å²) in [5, 5.41) is 0. The fourth-order valence-corrected chi connectivity index (χ4v) is 7.49.